The van der Waals surface area contributed by atoms with Gasteiger partial charge in [-0.05, 0) is 34.1 Å². The molecular formula is C12H12BrClN4O. The molecule has 0 aliphatic heterocycles. The minimum atomic E-state index is 0.450. The van der Waals surface area contributed by atoms with Gasteiger partial charge >= 0.3 is 0 Å². The van der Waals surface area contributed by atoms with Crippen LogP contribution in [0, 0.1) is 0 Å². The Kier molecular flexibility index (Phi) is 4.44. The molecule has 0 amide bonds. The first-order chi connectivity index (χ1) is 9.13. The largest absolute Gasteiger partial charge is 0.496 e. The lowest BCUT2D eigenvalue weighted by molar-refractivity contribution is 0.412. The van der Waals surface area contributed by atoms with Gasteiger partial charge in [0.25, 0.3) is 0 Å². The number of ether oxygens (including phenoxy) is 1. The van der Waals surface area contributed by atoms with E-state index < -0.39 is 0 Å². The van der Waals surface area contributed by atoms with Crippen LogP contribution in [0.25, 0.3) is 0 Å². The van der Waals surface area contributed by atoms with Gasteiger partial charge in [-0.25, -0.2) is 4.98 Å². The fourth-order valence-corrected chi connectivity index (χ4v) is 2.14. The lowest BCUT2D eigenvalue weighted by Gasteiger charge is -2.10. The molecular weight excluding hydrogens is 332 g/mol. The van der Waals surface area contributed by atoms with Gasteiger partial charge in [-0.2, -0.15) is 4.98 Å². The van der Waals surface area contributed by atoms with Gasteiger partial charge in [-0.3, -0.25) is 0 Å². The van der Waals surface area contributed by atoms with Crippen molar-refractivity contribution in [2.24, 2.45) is 0 Å². The van der Waals surface area contributed by atoms with Crippen LogP contribution in [-0.4, -0.2) is 24.1 Å². The molecule has 0 aliphatic rings. The molecule has 0 saturated carbocycles. The Labute approximate surface area is 124 Å². The van der Waals surface area contributed by atoms with Crippen molar-refractivity contribution in [1.29, 1.82) is 0 Å². The fraction of sp³-hybridized carbons (Fsp3) is 0.167. The maximum atomic E-state index is 6.05. The summed E-state index contributed by atoms with van der Waals surface area (Å²) < 4.78 is 6.02. The van der Waals surface area contributed by atoms with E-state index in [0.717, 1.165) is 15.9 Å². The van der Waals surface area contributed by atoms with Crippen LogP contribution in [0.15, 0.2) is 28.9 Å². The average molecular weight is 344 g/mol. The number of nitrogens with one attached hydrogen (secondary N) is 2. The number of benzene rings is 1. The van der Waals surface area contributed by atoms with E-state index >= 15 is 0 Å². The number of hydrogen-bond acceptors (Lipinski definition) is 5. The Morgan fingerprint density at radius 2 is 2.16 bits per heavy atom. The number of nitrogens with zero attached hydrogens (tertiary/aromatic N) is 2. The van der Waals surface area contributed by atoms with Crippen LogP contribution in [0.2, 0.25) is 5.02 Å². The summed E-state index contributed by atoms with van der Waals surface area (Å²) in [5.41, 5.74) is 0.843. The SMILES string of the molecule is CNc1ncc(Cl)c(Nc2ccc(OC)c(Br)c2)n1. The molecule has 0 aliphatic carbocycles. The Bertz CT molecular complexity index is 594. The molecule has 2 aromatic rings. The maximum Gasteiger partial charge on any atom is 0.224 e. The van der Waals surface area contributed by atoms with Crippen LogP contribution in [0.4, 0.5) is 17.5 Å². The molecule has 2 N–H and O–H groups in total. The van der Waals surface area contributed by atoms with Crippen molar-refractivity contribution in [2.75, 3.05) is 24.8 Å². The summed E-state index contributed by atoms with van der Waals surface area (Å²) in [5, 5.41) is 6.44. The summed E-state index contributed by atoms with van der Waals surface area (Å²) >= 11 is 9.47. The number of aromatic nitrogens is 2. The van der Waals surface area contributed by atoms with Gasteiger partial charge in [0.15, 0.2) is 5.82 Å². The van der Waals surface area contributed by atoms with Crippen molar-refractivity contribution in [3.8, 4) is 5.75 Å². The highest BCUT2D eigenvalue weighted by Crippen LogP contribution is 2.30. The van der Waals surface area contributed by atoms with Crippen molar-refractivity contribution in [2.45, 2.75) is 0 Å². The van der Waals surface area contributed by atoms with Crippen LogP contribution >= 0.6 is 27.5 Å². The highest BCUT2D eigenvalue weighted by Gasteiger charge is 2.07. The molecule has 100 valence electrons. The predicted molar refractivity (Wildman–Crippen MR) is 80.6 cm³/mol. The van der Waals surface area contributed by atoms with Crippen LogP contribution < -0.4 is 15.4 Å². The number of halogens is 2. The van der Waals surface area contributed by atoms with Gasteiger partial charge in [0.05, 0.1) is 17.8 Å². The Morgan fingerprint density at radius 3 is 2.79 bits per heavy atom. The molecule has 19 heavy (non-hydrogen) atoms. The van der Waals surface area contributed by atoms with Crippen LogP contribution in [0.3, 0.4) is 0 Å². The quantitative estimate of drug-likeness (QED) is 0.886. The van der Waals surface area contributed by atoms with E-state index in [4.69, 9.17) is 16.3 Å². The zero-order valence-corrected chi connectivity index (χ0v) is 12.7. The first kappa shape index (κ1) is 13.9. The monoisotopic (exact) mass is 342 g/mol. The molecule has 0 radical (unpaired) electrons. The first-order valence-corrected chi connectivity index (χ1v) is 6.62. The molecule has 0 fully saturated rings. The number of anilines is 3. The fourth-order valence-electron chi connectivity index (χ4n) is 1.46. The second kappa shape index (κ2) is 6.08. The summed E-state index contributed by atoms with van der Waals surface area (Å²) in [4.78, 5) is 8.27. The molecule has 0 atom stereocenters. The van der Waals surface area contributed by atoms with E-state index in [2.05, 4.69) is 36.5 Å². The number of rotatable bonds is 4. The van der Waals surface area contributed by atoms with E-state index in [-0.39, 0.29) is 0 Å². The van der Waals surface area contributed by atoms with Crippen molar-refractivity contribution >= 4 is 45.0 Å². The average Bonchev–Trinajstić information content (AvgIpc) is 2.41. The van der Waals surface area contributed by atoms with Crippen LogP contribution in [0.5, 0.6) is 5.75 Å². The third-order valence-corrected chi connectivity index (χ3v) is 3.28. The third kappa shape index (κ3) is 3.27. The smallest absolute Gasteiger partial charge is 0.224 e. The van der Waals surface area contributed by atoms with Crippen LogP contribution in [0.1, 0.15) is 0 Å². The second-order valence-corrected chi connectivity index (χ2v) is 4.88. The Hall–Kier alpha value is -1.53. The van der Waals surface area contributed by atoms with E-state index in [0.29, 0.717) is 16.8 Å². The Balaban J connectivity index is 2.28. The van der Waals surface area contributed by atoms with E-state index in [9.17, 15) is 0 Å². The minimum Gasteiger partial charge on any atom is -0.496 e. The normalized spacial score (nSPS) is 10.1. The summed E-state index contributed by atoms with van der Waals surface area (Å²) in [6.45, 7) is 0. The lowest BCUT2D eigenvalue weighted by atomic mass is 10.3. The maximum absolute atomic E-state index is 6.05. The zero-order chi connectivity index (χ0) is 13.8. The van der Waals surface area contributed by atoms with Crippen molar-refractivity contribution in [3.05, 3.63) is 33.9 Å². The molecule has 1 aromatic heterocycles. The van der Waals surface area contributed by atoms with Crippen molar-refractivity contribution < 1.29 is 4.74 Å². The molecule has 0 unspecified atom stereocenters. The van der Waals surface area contributed by atoms with E-state index in [1.54, 1.807) is 20.4 Å². The highest BCUT2D eigenvalue weighted by molar-refractivity contribution is 9.10. The van der Waals surface area contributed by atoms with Crippen molar-refractivity contribution in [3.63, 3.8) is 0 Å². The van der Waals surface area contributed by atoms with Crippen LogP contribution in [-0.2, 0) is 0 Å². The zero-order valence-electron chi connectivity index (χ0n) is 10.4. The standard InChI is InChI=1S/C12H12BrClN4O/c1-15-12-16-6-9(14)11(18-12)17-7-3-4-10(19-2)8(13)5-7/h3-6H,1-2H3,(H2,15,16,17,18). The molecule has 2 rings (SSSR count). The molecule has 0 saturated heterocycles. The molecule has 1 heterocycles. The predicted octanol–water partition coefficient (Wildman–Crippen LogP) is 3.69. The first-order valence-electron chi connectivity index (χ1n) is 5.45. The molecule has 0 bridgehead atoms. The van der Waals surface area contributed by atoms with Gasteiger partial charge in [-0.15, -0.1) is 0 Å². The minimum absolute atomic E-state index is 0.450. The summed E-state index contributed by atoms with van der Waals surface area (Å²) in [6.07, 6.45) is 1.54. The second-order valence-electron chi connectivity index (χ2n) is 3.61. The van der Waals surface area contributed by atoms with Gasteiger partial charge in [0.2, 0.25) is 5.95 Å². The van der Waals surface area contributed by atoms with E-state index in [1.807, 2.05) is 18.2 Å². The summed E-state index contributed by atoms with van der Waals surface area (Å²) in [7, 11) is 3.37. The molecule has 0 spiro atoms. The summed E-state index contributed by atoms with van der Waals surface area (Å²) in [6, 6.07) is 5.61. The topological polar surface area (TPSA) is 59.1 Å². The van der Waals surface area contributed by atoms with Gasteiger partial charge in [0.1, 0.15) is 10.8 Å². The highest BCUT2D eigenvalue weighted by atomic mass is 79.9. The van der Waals surface area contributed by atoms with Crippen molar-refractivity contribution in [1.82, 2.24) is 9.97 Å². The van der Waals surface area contributed by atoms with Gasteiger partial charge in [0, 0.05) is 12.7 Å². The Morgan fingerprint density at radius 1 is 1.37 bits per heavy atom. The van der Waals surface area contributed by atoms with E-state index in [1.165, 1.54) is 0 Å². The van der Waals surface area contributed by atoms with Gasteiger partial charge in [-0.1, -0.05) is 11.6 Å². The number of hydrogen-bond donors (Lipinski definition) is 2. The molecule has 5 nitrogen and oxygen atoms in total. The molecule has 1 aromatic carbocycles. The summed E-state index contributed by atoms with van der Waals surface area (Å²) in [5.74, 6) is 1.80. The number of methoxy groups -OCH3 is 1. The lowest BCUT2D eigenvalue weighted by Crippen LogP contribution is -2.01. The third-order valence-electron chi connectivity index (χ3n) is 2.38. The molecule has 7 heteroatoms. The van der Waals surface area contributed by atoms with Gasteiger partial charge < -0.3 is 15.4 Å².